The summed E-state index contributed by atoms with van der Waals surface area (Å²) in [7, 11) is 0. The molecule has 1 spiro atoms. The van der Waals surface area contributed by atoms with E-state index in [4.69, 9.17) is 11.6 Å². The number of halogens is 1. The van der Waals surface area contributed by atoms with Crippen LogP contribution in [0.5, 0.6) is 0 Å². The fourth-order valence-corrected chi connectivity index (χ4v) is 3.06. The van der Waals surface area contributed by atoms with Crippen LogP contribution in [0.4, 0.5) is 4.79 Å². The van der Waals surface area contributed by atoms with Gasteiger partial charge < -0.3 is 5.32 Å². The Balaban J connectivity index is 1.82. The predicted molar refractivity (Wildman–Crippen MR) is 69.5 cm³/mol. The zero-order valence-corrected chi connectivity index (χ0v) is 11.1. The first-order chi connectivity index (χ1) is 9.11. The minimum absolute atomic E-state index is 0.108. The summed E-state index contributed by atoms with van der Waals surface area (Å²) in [6.45, 7) is 0.245. The fraction of sp³-hybridized carbons (Fsp3) is 0.462. The first kappa shape index (κ1) is 12.4. The van der Waals surface area contributed by atoms with Gasteiger partial charge in [0, 0.05) is 6.20 Å². The number of urea groups is 1. The van der Waals surface area contributed by atoms with E-state index in [-0.39, 0.29) is 18.5 Å². The van der Waals surface area contributed by atoms with E-state index in [9.17, 15) is 9.59 Å². The summed E-state index contributed by atoms with van der Waals surface area (Å²) < 4.78 is 0. The lowest BCUT2D eigenvalue weighted by atomic mass is 9.98. The van der Waals surface area contributed by atoms with Gasteiger partial charge in [0.15, 0.2) is 0 Å². The number of imide groups is 1. The van der Waals surface area contributed by atoms with Crippen molar-refractivity contribution in [2.45, 2.75) is 37.8 Å². The molecule has 100 valence electrons. The highest BCUT2D eigenvalue weighted by Gasteiger charge is 2.52. The Morgan fingerprint density at radius 3 is 2.79 bits per heavy atom. The van der Waals surface area contributed by atoms with Crippen molar-refractivity contribution in [1.82, 2.24) is 15.2 Å². The SMILES string of the molecule is O=C1NC2(CCCC2)C(=O)N1Cc1ccnc(Cl)c1. The predicted octanol–water partition coefficient (Wildman–Crippen LogP) is 2.10. The number of aromatic nitrogens is 1. The Kier molecular flexibility index (Phi) is 2.93. The number of hydrogen-bond acceptors (Lipinski definition) is 3. The van der Waals surface area contributed by atoms with Gasteiger partial charge in [0.2, 0.25) is 0 Å². The molecule has 1 aliphatic carbocycles. The number of amides is 3. The van der Waals surface area contributed by atoms with Crippen LogP contribution in [0.15, 0.2) is 18.3 Å². The highest BCUT2D eigenvalue weighted by atomic mass is 35.5. The Morgan fingerprint density at radius 2 is 2.11 bits per heavy atom. The fourth-order valence-electron chi connectivity index (χ4n) is 2.86. The van der Waals surface area contributed by atoms with E-state index in [1.807, 2.05) is 0 Å². The van der Waals surface area contributed by atoms with Crippen LogP contribution in [0, 0.1) is 0 Å². The second-order valence-electron chi connectivity index (χ2n) is 5.10. The van der Waals surface area contributed by atoms with Gasteiger partial charge in [-0.3, -0.25) is 9.69 Å². The van der Waals surface area contributed by atoms with Crippen molar-refractivity contribution < 1.29 is 9.59 Å². The molecule has 0 unspecified atom stereocenters. The van der Waals surface area contributed by atoms with Crippen molar-refractivity contribution >= 4 is 23.5 Å². The second kappa shape index (κ2) is 4.49. The Bertz CT molecular complexity index is 540. The third-order valence-corrected chi connectivity index (χ3v) is 4.04. The van der Waals surface area contributed by atoms with Crippen LogP contribution in [0.2, 0.25) is 5.15 Å². The van der Waals surface area contributed by atoms with Gasteiger partial charge in [-0.05, 0) is 30.5 Å². The minimum atomic E-state index is -0.645. The molecular formula is C13H14ClN3O2. The maximum atomic E-state index is 12.4. The van der Waals surface area contributed by atoms with E-state index in [0.29, 0.717) is 5.15 Å². The highest BCUT2D eigenvalue weighted by Crippen LogP contribution is 2.35. The van der Waals surface area contributed by atoms with E-state index in [2.05, 4.69) is 10.3 Å². The molecule has 1 aliphatic heterocycles. The van der Waals surface area contributed by atoms with Gasteiger partial charge >= 0.3 is 6.03 Å². The molecule has 3 amide bonds. The summed E-state index contributed by atoms with van der Waals surface area (Å²) in [6.07, 6.45) is 5.03. The lowest BCUT2D eigenvalue weighted by molar-refractivity contribution is -0.131. The lowest BCUT2D eigenvalue weighted by Gasteiger charge is -2.20. The molecule has 5 nitrogen and oxygen atoms in total. The molecule has 19 heavy (non-hydrogen) atoms. The van der Waals surface area contributed by atoms with E-state index in [0.717, 1.165) is 31.2 Å². The summed E-state index contributed by atoms with van der Waals surface area (Å²) in [5.74, 6) is -0.108. The molecule has 1 saturated heterocycles. The van der Waals surface area contributed by atoms with Crippen LogP contribution < -0.4 is 5.32 Å². The number of rotatable bonds is 2. The van der Waals surface area contributed by atoms with Crippen LogP contribution in [0.25, 0.3) is 0 Å². The van der Waals surface area contributed by atoms with Crippen LogP contribution >= 0.6 is 11.6 Å². The normalized spacial score (nSPS) is 21.2. The minimum Gasteiger partial charge on any atom is -0.323 e. The number of carbonyl (C=O) groups is 2. The maximum Gasteiger partial charge on any atom is 0.325 e. The van der Waals surface area contributed by atoms with Gasteiger partial charge in [0.1, 0.15) is 10.7 Å². The van der Waals surface area contributed by atoms with E-state index in [1.165, 1.54) is 4.90 Å². The Labute approximate surface area is 115 Å². The molecular weight excluding hydrogens is 266 g/mol. The number of carbonyl (C=O) groups excluding carboxylic acids is 2. The summed E-state index contributed by atoms with van der Waals surface area (Å²) >= 11 is 5.81. The third-order valence-electron chi connectivity index (χ3n) is 3.83. The molecule has 2 heterocycles. The van der Waals surface area contributed by atoms with Gasteiger partial charge in [-0.1, -0.05) is 24.4 Å². The summed E-state index contributed by atoms with van der Waals surface area (Å²) in [4.78, 5) is 29.6. The molecule has 2 fully saturated rings. The topological polar surface area (TPSA) is 62.3 Å². The molecule has 3 rings (SSSR count). The summed E-state index contributed by atoms with van der Waals surface area (Å²) in [5, 5.41) is 3.21. The summed E-state index contributed by atoms with van der Waals surface area (Å²) in [5.41, 5.74) is 0.159. The first-order valence-corrected chi connectivity index (χ1v) is 6.73. The molecule has 2 aliphatic rings. The average molecular weight is 280 g/mol. The molecule has 0 radical (unpaired) electrons. The molecule has 1 aromatic rings. The van der Waals surface area contributed by atoms with E-state index >= 15 is 0 Å². The summed E-state index contributed by atoms with van der Waals surface area (Å²) in [6, 6.07) is 3.12. The Morgan fingerprint density at radius 1 is 1.37 bits per heavy atom. The van der Waals surface area contributed by atoms with Gasteiger partial charge in [-0.25, -0.2) is 9.78 Å². The van der Waals surface area contributed by atoms with E-state index < -0.39 is 5.54 Å². The molecule has 1 N–H and O–H groups in total. The molecule has 0 aromatic carbocycles. The number of pyridine rings is 1. The van der Waals surface area contributed by atoms with Gasteiger partial charge in [-0.15, -0.1) is 0 Å². The van der Waals surface area contributed by atoms with Crippen LogP contribution in [-0.4, -0.2) is 27.4 Å². The highest BCUT2D eigenvalue weighted by molar-refractivity contribution is 6.29. The molecule has 1 saturated carbocycles. The van der Waals surface area contributed by atoms with Crippen molar-refractivity contribution in [3.05, 3.63) is 29.0 Å². The third kappa shape index (κ3) is 2.08. The number of hydrogen-bond donors (Lipinski definition) is 1. The molecule has 0 bridgehead atoms. The van der Waals surface area contributed by atoms with Crippen molar-refractivity contribution in [2.24, 2.45) is 0 Å². The zero-order chi connectivity index (χ0) is 13.5. The number of nitrogens with zero attached hydrogens (tertiary/aromatic N) is 2. The molecule has 6 heteroatoms. The second-order valence-corrected chi connectivity index (χ2v) is 5.48. The van der Waals surface area contributed by atoms with Crippen molar-refractivity contribution in [3.8, 4) is 0 Å². The van der Waals surface area contributed by atoms with Crippen molar-refractivity contribution in [3.63, 3.8) is 0 Å². The van der Waals surface area contributed by atoms with Gasteiger partial charge in [0.05, 0.1) is 6.54 Å². The maximum absolute atomic E-state index is 12.4. The lowest BCUT2D eigenvalue weighted by Crippen LogP contribution is -2.44. The zero-order valence-electron chi connectivity index (χ0n) is 10.4. The number of nitrogens with one attached hydrogen (secondary N) is 1. The smallest absolute Gasteiger partial charge is 0.323 e. The molecule has 0 atom stereocenters. The van der Waals surface area contributed by atoms with Gasteiger partial charge in [-0.2, -0.15) is 0 Å². The van der Waals surface area contributed by atoms with Crippen molar-refractivity contribution in [2.75, 3.05) is 0 Å². The monoisotopic (exact) mass is 279 g/mol. The van der Waals surface area contributed by atoms with Crippen LogP contribution in [0.1, 0.15) is 31.2 Å². The molecule has 1 aromatic heterocycles. The van der Waals surface area contributed by atoms with Crippen molar-refractivity contribution in [1.29, 1.82) is 0 Å². The quantitative estimate of drug-likeness (QED) is 0.666. The van der Waals surface area contributed by atoms with Crippen LogP contribution in [-0.2, 0) is 11.3 Å². The first-order valence-electron chi connectivity index (χ1n) is 6.35. The van der Waals surface area contributed by atoms with E-state index in [1.54, 1.807) is 18.3 Å². The Hall–Kier alpha value is -1.62. The standard InChI is InChI=1S/C13H14ClN3O2/c14-10-7-9(3-6-15-10)8-17-11(18)13(16-12(17)19)4-1-2-5-13/h3,6-7H,1-2,4-5,8H2,(H,16,19). The van der Waals surface area contributed by atoms with Crippen LogP contribution in [0.3, 0.4) is 0 Å². The largest absolute Gasteiger partial charge is 0.325 e. The average Bonchev–Trinajstić information content (AvgIpc) is 2.92. The van der Waals surface area contributed by atoms with Gasteiger partial charge in [0.25, 0.3) is 5.91 Å².